The fraction of sp³-hybridized carbons (Fsp3) is 0.0833. The summed E-state index contributed by atoms with van der Waals surface area (Å²) in [5, 5.41) is 3.53. The van der Waals surface area contributed by atoms with Crippen LogP contribution in [0.3, 0.4) is 0 Å². The first kappa shape index (κ1) is 19.9. The number of rotatable bonds is 6. The summed E-state index contributed by atoms with van der Waals surface area (Å²) >= 11 is 1.37. The average molecular weight is 418 g/mol. The van der Waals surface area contributed by atoms with Crippen LogP contribution in [0.5, 0.6) is 0 Å². The van der Waals surface area contributed by atoms with E-state index in [-0.39, 0.29) is 17.5 Å². The summed E-state index contributed by atoms with van der Waals surface area (Å²) in [5.41, 5.74) is 4.48. The van der Waals surface area contributed by atoms with Gasteiger partial charge in [0.1, 0.15) is 5.82 Å². The van der Waals surface area contributed by atoms with Crippen molar-refractivity contribution in [2.45, 2.75) is 12.1 Å². The van der Waals surface area contributed by atoms with Crippen LogP contribution in [-0.4, -0.2) is 21.2 Å². The topological polar surface area (TPSA) is 46.9 Å². The molecule has 0 saturated carbocycles. The number of imidazole rings is 1. The van der Waals surface area contributed by atoms with Gasteiger partial charge in [-0.25, -0.2) is 9.37 Å². The zero-order valence-electron chi connectivity index (χ0n) is 16.4. The molecule has 0 saturated heterocycles. The van der Waals surface area contributed by atoms with E-state index in [1.807, 2.05) is 67.6 Å². The number of anilines is 1. The lowest BCUT2D eigenvalue weighted by molar-refractivity contribution is -0.113. The van der Waals surface area contributed by atoms with Gasteiger partial charge in [-0.05, 0) is 43.3 Å². The number of hydrogen-bond donors (Lipinski definition) is 1. The van der Waals surface area contributed by atoms with E-state index in [4.69, 9.17) is 4.98 Å². The van der Waals surface area contributed by atoms with Gasteiger partial charge in [-0.1, -0.05) is 60.3 Å². The lowest BCUT2D eigenvalue weighted by Crippen LogP contribution is -2.14. The summed E-state index contributed by atoms with van der Waals surface area (Å²) in [6, 6.07) is 25.7. The van der Waals surface area contributed by atoms with Crippen LogP contribution in [0.15, 0.2) is 90.1 Å². The summed E-state index contributed by atoms with van der Waals surface area (Å²) in [4.78, 5) is 17.3. The smallest absolute Gasteiger partial charge is 0.234 e. The number of hydrogen-bond acceptors (Lipinski definition) is 3. The van der Waals surface area contributed by atoms with Crippen molar-refractivity contribution in [1.29, 1.82) is 0 Å². The molecule has 0 aliphatic carbocycles. The number of halogens is 1. The molecule has 0 unspecified atom stereocenters. The summed E-state index contributed by atoms with van der Waals surface area (Å²) in [5.74, 6) is -0.321. The van der Waals surface area contributed by atoms with Gasteiger partial charge in [0, 0.05) is 22.6 Å². The first-order valence-corrected chi connectivity index (χ1v) is 10.5. The Kier molecular flexibility index (Phi) is 5.95. The molecule has 30 heavy (non-hydrogen) atoms. The number of para-hydroxylation sites is 1. The Hall–Kier alpha value is -3.38. The molecule has 0 aliphatic heterocycles. The van der Waals surface area contributed by atoms with E-state index in [9.17, 15) is 9.18 Å². The second-order valence-corrected chi connectivity index (χ2v) is 7.65. The molecule has 4 rings (SSSR count). The first-order valence-electron chi connectivity index (χ1n) is 9.50. The Bertz CT molecular complexity index is 1140. The fourth-order valence-corrected chi connectivity index (χ4v) is 4.04. The highest BCUT2D eigenvalue weighted by Crippen LogP contribution is 2.31. The number of thioether (sulfide) groups is 1. The maximum atomic E-state index is 13.1. The molecular weight excluding hydrogens is 397 g/mol. The molecule has 150 valence electrons. The number of benzene rings is 3. The molecular formula is C24H20FN3OS. The summed E-state index contributed by atoms with van der Waals surface area (Å²) in [7, 11) is 0. The van der Waals surface area contributed by atoms with Gasteiger partial charge < -0.3 is 5.32 Å². The third kappa shape index (κ3) is 4.44. The van der Waals surface area contributed by atoms with Crippen LogP contribution in [0.25, 0.3) is 16.9 Å². The van der Waals surface area contributed by atoms with Crippen LogP contribution in [-0.2, 0) is 4.79 Å². The highest BCUT2D eigenvalue weighted by molar-refractivity contribution is 7.99. The van der Waals surface area contributed by atoms with Crippen molar-refractivity contribution < 1.29 is 9.18 Å². The van der Waals surface area contributed by atoms with Gasteiger partial charge in [-0.3, -0.25) is 9.36 Å². The maximum Gasteiger partial charge on any atom is 0.234 e. The van der Waals surface area contributed by atoms with Crippen molar-refractivity contribution in [1.82, 2.24) is 9.55 Å². The van der Waals surface area contributed by atoms with Crippen LogP contribution >= 0.6 is 11.8 Å². The Labute approximate surface area is 178 Å². The normalized spacial score (nSPS) is 10.7. The zero-order valence-corrected chi connectivity index (χ0v) is 17.2. The predicted molar refractivity (Wildman–Crippen MR) is 119 cm³/mol. The predicted octanol–water partition coefficient (Wildman–Crippen LogP) is 5.72. The molecule has 0 fully saturated rings. The molecule has 4 nitrogen and oxygen atoms in total. The second-order valence-electron chi connectivity index (χ2n) is 6.71. The molecule has 1 aromatic heterocycles. The van der Waals surface area contributed by atoms with Crippen molar-refractivity contribution in [3.63, 3.8) is 0 Å². The van der Waals surface area contributed by atoms with E-state index in [1.54, 1.807) is 12.1 Å². The minimum Gasteiger partial charge on any atom is -0.325 e. The molecule has 6 heteroatoms. The van der Waals surface area contributed by atoms with Gasteiger partial charge in [-0.15, -0.1) is 0 Å². The van der Waals surface area contributed by atoms with Crippen LogP contribution in [0.1, 0.15) is 5.69 Å². The van der Waals surface area contributed by atoms with Crippen molar-refractivity contribution in [3.05, 3.63) is 96.4 Å². The van der Waals surface area contributed by atoms with Gasteiger partial charge in [0.15, 0.2) is 5.16 Å². The number of carbonyl (C=O) groups excluding carboxylic acids is 1. The molecule has 0 spiro atoms. The lowest BCUT2D eigenvalue weighted by atomic mass is 10.1. The minimum absolute atomic E-state index is 0.173. The lowest BCUT2D eigenvalue weighted by Gasteiger charge is -2.10. The molecule has 0 bridgehead atoms. The Morgan fingerprint density at radius 3 is 2.27 bits per heavy atom. The molecule has 3 aromatic carbocycles. The molecule has 0 aliphatic rings. The number of nitrogens with one attached hydrogen (secondary N) is 1. The van der Waals surface area contributed by atoms with Gasteiger partial charge in [0.05, 0.1) is 11.4 Å². The molecule has 0 atom stereocenters. The van der Waals surface area contributed by atoms with Crippen LogP contribution in [0, 0.1) is 12.7 Å². The van der Waals surface area contributed by atoms with Crippen molar-refractivity contribution in [3.8, 4) is 16.9 Å². The van der Waals surface area contributed by atoms with Crippen LogP contribution in [0.2, 0.25) is 0 Å². The highest BCUT2D eigenvalue weighted by atomic mass is 32.2. The standard InChI is InChI=1S/C24H20FN3OS/c1-17-23(18-8-4-2-5-9-18)27-24(28(17)21-10-6-3-7-11-21)30-16-22(29)26-20-14-12-19(25)13-15-20/h2-15H,16H2,1H3,(H,26,29). The van der Waals surface area contributed by atoms with Crippen LogP contribution < -0.4 is 5.32 Å². The largest absolute Gasteiger partial charge is 0.325 e. The van der Waals surface area contributed by atoms with E-state index in [2.05, 4.69) is 9.88 Å². The van der Waals surface area contributed by atoms with E-state index < -0.39 is 0 Å². The van der Waals surface area contributed by atoms with Gasteiger partial charge in [0.25, 0.3) is 0 Å². The van der Waals surface area contributed by atoms with E-state index in [1.165, 1.54) is 23.9 Å². The maximum absolute atomic E-state index is 13.1. The van der Waals surface area contributed by atoms with Crippen molar-refractivity contribution in [2.24, 2.45) is 0 Å². The van der Waals surface area contributed by atoms with Crippen molar-refractivity contribution >= 4 is 23.4 Å². The monoisotopic (exact) mass is 417 g/mol. The number of aromatic nitrogens is 2. The minimum atomic E-state index is -0.337. The van der Waals surface area contributed by atoms with E-state index >= 15 is 0 Å². The third-order valence-electron chi connectivity index (χ3n) is 4.60. The summed E-state index contributed by atoms with van der Waals surface area (Å²) < 4.78 is 15.1. The first-order chi connectivity index (χ1) is 14.6. The van der Waals surface area contributed by atoms with Gasteiger partial charge in [0.2, 0.25) is 5.91 Å². The molecule has 1 amide bonds. The second kappa shape index (κ2) is 8.97. The van der Waals surface area contributed by atoms with Gasteiger partial charge in [-0.2, -0.15) is 0 Å². The van der Waals surface area contributed by atoms with Crippen molar-refractivity contribution in [2.75, 3.05) is 11.1 Å². The van der Waals surface area contributed by atoms with E-state index in [0.29, 0.717) is 5.69 Å². The van der Waals surface area contributed by atoms with Gasteiger partial charge >= 0.3 is 0 Å². The Balaban J connectivity index is 1.60. The number of nitrogens with zero attached hydrogens (tertiary/aromatic N) is 2. The summed E-state index contributed by atoms with van der Waals surface area (Å²) in [6.45, 7) is 2.03. The average Bonchev–Trinajstić information content (AvgIpc) is 3.11. The van der Waals surface area contributed by atoms with E-state index in [0.717, 1.165) is 27.8 Å². The SMILES string of the molecule is Cc1c(-c2ccccc2)nc(SCC(=O)Nc2ccc(F)cc2)n1-c1ccccc1. The molecule has 4 aromatic rings. The quantitative estimate of drug-likeness (QED) is 0.408. The summed E-state index contributed by atoms with van der Waals surface area (Å²) in [6.07, 6.45) is 0. The Morgan fingerprint density at radius 2 is 1.60 bits per heavy atom. The zero-order chi connectivity index (χ0) is 20.9. The number of amides is 1. The Morgan fingerprint density at radius 1 is 0.967 bits per heavy atom. The highest BCUT2D eigenvalue weighted by Gasteiger charge is 2.18. The molecule has 1 N–H and O–H groups in total. The number of carbonyl (C=O) groups is 1. The molecule has 0 radical (unpaired) electrons. The fourth-order valence-electron chi connectivity index (χ4n) is 3.18. The third-order valence-corrected chi connectivity index (χ3v) is 5.54. The molecule has 1 heterocycles. The van der Waals surface area contributed by atoms with Crippen LogP contribution in [0.4, 0.5) is 10.1 Å².